The SMILES string of the molecule is COCCN(CCOC)Cc1ccc(OC)c(O)c1. The van der Waals surface area contributed by atoms with Crippen molar-refractivity contribution in [3.8, 4) is 11.5 Å². The fourth-order valence-electron chi connectivity index (χ4n) is 1.80. The highest BCUT2D eigenvalue weighted by atomic mass is 16.5. The van der Waals surface area contributed by atoms with E-state index >= 15 is 0 Å². The van der Waals surface area contributed by atoms with E-state index in [0.29, 0.717) is 19.0 Å². The fourth-order valence-corrected chi connectivity index (χ4v) is 1.80. The third kappa shape index (κ3) is 5.46. The second-order valence-corrected chi connectivity index (χ2v) is 4.27. The molecule has 1 aromatic rings. The van der Waals surface area contributed by atoms with E-state index in [1.54, 1.807) is 26.4 Å². The van der Waals surface area contributed by atoms with Crippen molar-refractivity contribution in [2.24, 2.45) is 0 Å². The van der Waals surface area contributed by atoms with Crippen LogP contribution in [0.25, 0.3) is 0 Å². The number of hydrogen-bond donors (Lipinski definition) is 1. The van der Waals surface area contributed by atoms with Gasteiger partial charge in [-0.15, -0.1) is 0 Å². The van der Waals surface area contributed by atoms with E-state index in [1.807, 2.05) is 6.07 Å². The maximum atomic E-state index is 9.76. The number of phenols is 1. The number of hydrogen-bond acceptors (Lipinski definition) is 5. The number of ether oxygens (including phenoxy) is 3. The number of nitrogens with zero attached hydrogens (tertiary/aromatic N) is 1. The average Bonchev–Trinajstić information content (AvgIpc) is 2.42. The second-order valence-electron chi connectivity index (χ2n) is 4.27. The molecule has 0 fully saturated rings. The van der Waals surface area contributed by atoms with E-state index in [0.717, 1.165) is 25.2 Å². The maximum absolute atomic E-state index is 9.76. The number of phenolic OH excluding ortho intramolecular Hbond substituents is 1. The van der Waals surface area contributed by atoms with Gasteiger partial charge in [0, 0.05) is 33.9 Å². The van der Waals surface area contributed by atoms with Crippen molar-refractivity contribution in [2.45, 2.75) is 6.54 Å². The molecule has 0 aromatic heterocycles. The van der Waals surface area contributed by atoms with Gasteiger partial charge < -0.3 is 19.3 Å². The molecule has 0 saturated heterocycles. The van der Waals surface area contributed by atoms with Gasteiger partial charge in [0.05, 0.1) is 20.3 Å². The summed E-state index contributed by atoms with van der Waals surface area (Å²) in [5.74, 6) is 0.655. The molecule has 0 unspecified atom stereocenters. The summed E-state index contributed by atoms with van der Waals surface area (Å²) in [4.78, 5) is 2.22. The molecular formula is C14H23NO4. The van der Waals surface area contributed by atoms with E-state index in [-0.39, 0.29) is 5.75 Å². The van der Waals surface area contributed by atoms with Crippen molar-refractivity contribution in [2.75, 3.05) is 47.6 Å². The molecule has 0 amide bonds. The molecule has 5 heteroatoms. The highest BCUT2D eigenvalue weighted by Crippen LogP contribution is 2.26. The lowest BCUT2D eigenvalue weighted by Gasteiger charge is -2.21. The van der Waals surface area contributed by atoms with Crippen LogP contribution in [0.3, 0.4) is 0 Å². The van der Waals surface area contributed by atoms with Gasteiger partial charge in [0.15, 0.2) is 11.5 Å². The molecule has 0 heterocycles. The Kier molecular flexibility index (Phi) is 7.25. The van der Waals surface area contributed by atoms with E-state index in [1.165, 1.54) is 7.11 Å². The number of benzene rings is 1. The van der Waals surface area contributed by atoms with Crippen LogP contribution >= 0.6 is 0 Å². The van der Waals surface area contributed by atoms with Crippen LogP contribution in [0.1, 0.15) is 5.56 Å². The van der Waals surface area contributed by atoms with Gasteiger partial charge in [-0.1, -0.05) is 6.07 Å². The van der Waals surface area contributed by atoms with Crippen LogP contribution in [0.15, 0.2) is 18.2 Å². The first-order chi connectivity index (χ1) is 9.21. The van der Waals surface area contributed by atoms with Crippen molar-refractivity contribution in [1.82, 2.24) is 4.90 Å². The van der Waals surface area contributed by atoms with Gasteiger partial charge in [-0.05, 0) is 17.7 Å². The van der Waals surface area contributed by atoms with Crippen LogP contribution < -0.4 is 4.74 Å². The quantitative estimate of drug-likeness (QED) is 0.736. The third-order valence-electron chi connectivity index (χ3n) is 2.87. The van der Waals surface area contributed by atoms with Crippen molar-refractivity contribution in [3.05, 3.63) is 23.8 Å². The molecule has 5 nitrogen and oxygen atoms in total. The van der Waals surface area contributed by atoms with Crippen molar-refractivity contribution in [3.63, 3.8) is 0 Å². The molecular weight excluding hydrogens is 246 g/mol. The Balaban J connectivity index is 2.63. The topological polar surface area (TPSA) is 51.2 Å². The Morgan fingerprint density at radius 3 is 2.16 bits per heavy atom. The smallest absolute Gasteiger partial charge is 0.160 e. The van der Waals surface area contributed by atoms with Gasteiger partial charge in [-0.2, -0.15) is 0 Å². The zero-order valence-corrected chi connectivity index (χ0v) is 11.9. The number of methoxy groups -OCH3 is 3. The molecule has 1 N–H and O–H groups in total. The Morgan fingerprint density at radius 2 is 1.68 bits per heavy atom. The van der Waals surface area contributed by atoms with Crippen LogP contribution in [0.4, 0.5) is 0 Å². The largest absolute Gasteiger partial charge is 0.504 e. The van der Waals surface area contributed by atoms with Gasteiger partial charge in [-0.3, -0.25) is 4.90 Å². The predicted molar refractivity (Wildman–Crippen MR) is 73.7 cm³/mol. The van der Waals surface area contributed by atoms with Gasteiger partial charge in [0.2, 0.25) is 0 Å². The van der Waals surface area contributed by atoms with E-state index < -0.39 is 0 Å². The molecule has 0 aliphatic rings. The summed E-state index contributed by atoms with van der Waals surface area (Å²) in [6.45, 7) is 3.74. The molecule has 1 aromatic carbocycles. The van der Waals surface area contributed by atoms with E-state index in [9.17, 15) is 5.11 Å². The molecule has 0 saturated carbocycles. The number of aromatic hydroxyl groups is 1. The highest BCUT2D eigenvalue weighted by molar-refractivity contribution is 5.41. The minimum Gasteiger partial charge on any atom is -0.504 e. The van der Waals surface area contributed by atoms with Crippen LogP contribution in [0.2, 0.25) is 0 Å². The van der Waals surface area contributed by atoms with Crippen LogP contribution in [0, 0.1) is 0 Å². The van der Waals surface area contributed by atoms with Crippen LogP contribution in [-0.2, 0) is 16.0 Å². The van der Waals surface area contributed by atoms with E-state index in [2.05, 4.69) is 4.90 Å². The zero-order chi connectivity index (χ0) is 14.1. The Morgan fingerprint density at radius 1 is 1.05 bits per heavy atom. The first kappa shape index (κ1) is 15.8. The standard InChI is InChI=1S/C14H23NO4/c1-17-8-6-15(7-9-18-2)11-12-4-5-14(19-3)13(16)10-12/h4-5,10,16H,6-9,11H2,1-3H3. The summed E-state index contributed by atoms with van der Waals surface area (Å²) >= 11 is 0. The molecule has 0 spiro atoms. The Hall–Kier alpha value is -1.30. The first-order valence-electron chi connectivity index (χ1n) is 6.27. The summed E-state index contributed by atoms with van der Waals surface area (Å²) in [6, 6.07) is 5.45. The molecule has 108 valence electrons. The fraction of sp³-hybridized carbons (Fsp3) is 0.571. The molecule has 0 aliphatic carbocycles. The monoisotopic (exact) mass is 269 g/mol. The Bertz CT molecular complexity index is 362. The lowest BCUT2D eigenvalue weighted by atomic mass is 10.2. The summed E-state index contributed by atoms with van der Waals surface area (Å²) in [5, 5.41) is 9.76. The molecule has 0 radical (unpaired) electrons. The third-order valence-corrected chi connectivity index (χ3v) is 2.87. The van der Waals surface area contributed by atoms with Crippen molar-refractivity contribution < 1.29 is 19.3 Å². The van der Waals surface area contributed by atoms with Crippen molar-refractivity contribution in [1.29, 1.82) is 0 Å². The van der Waals surface area contributed by atoms with Gasteiger partial charge >= 0.3 is 0 Å². The summed E-state index contributed by atoms with van der Waals surface area (Å²) in [5.41, 5.74) is 1.03. The van der Waals surface area contributed by atoms with Gasteiger partial charge in [0.1, 0.15) is 0 Å². The average molecular weight is 269 g/mol. The van der Waals surface area contributed by atoms with Crippen molar-refractivity contribution >= 4 is 0 Å². The van der Waals surface area contributed by atoms with Crippen LogP contribution in [-0.4, -0.2) is 57.6 Å². The zero-order valence-electron chi connectivity index (χ0n) is 11.9. The second kappa shape index (κ2) is 8.74. The highest BCUT2D eigenvalue weighted by Gasteiger charge is 2.08. The minimum atomic E-state index is 0.165. The summed E-state index contributed by atoms with van der Waals surface area (Å²) in [6.07, 6.45) is 0. The lowest BCUT2D eigenvalue weighted by Crippen LogP contribution is -2.30. The molecule has 1 rings (SSSR count). The van der Waals surface area contributed by atoms with E-state index in [4.69, 9.17) is 14.2 Å². The summed E-state index contributed by atoms with van der Waals surface area (Å²) < 4.78 is 15.2. The molecule has 0 atom stereocenters. The predicted octanol–water partition coefficient (Wildman–Crippen LogP) is 1.50. The number of rotatable bonds is 9. The first-order valence-corrected chi connectivity index (χ1v) is 6.27. The summed E-state index contributed by atoms with van der Waals surface area (Å²) in [7, 11) is 4.92. The maximum Gasteiger partial charge on any atom is 0.160 e. The molecule has 0 aliphatic heterocycles. The molecule has 0 bridgehead atoms. The van der Waals surface area contributed by atoms with Crippen LogP contribution in [0.5, 0.6) is 11.5 Å². The minimum absolute atomic E-state index is 0.165. The molecule has 19 heavy (non-hydrogen) atoms. The normalized spacial score (nSPS) is 10.9. The lowest BCUT2D eigenvalue weighted by molar-refractivity contribution is 0.110. The van der Waals surface area contributed by atoms with Gasteiger partial charge in [-0.25, -0.2) is 0 Å². The Labute approximate surface area is 114 Å². The van der Waals surface area contributed by atoms with Gasteiger partial charge in [0.25, 0.3) is 0 Å².